The van der Waals surface area contributed by atoms with Crippen molar-refractivity contribution in [1.82, 2.24) is 0 Å². The highest BCUT2D eigenvalue weighted by atomic mass is 16.6. The van der Waals surface area contributed by atoms with Gasteiger partial charge in [0.25, 0.3) is 0 Å². The first-order valence-electron chi connectivity index (χ1n) is 17.8. The molecule has 2 aromatic heterocycles. The Bertz CT molecular complexity index is 2120. The Kier molecular flexibility index (Phi) is 12.5. The molecule has 0 saturated heterocycles. The van der Waals surface area contributed by atoms with Crippen molar-refractivity contribution in [3.05, 3.63) is 118 Å². The Morgan fingerprint density at radius 1 is 0.352 bits per heavy atom. The van der Waals surface area contributed by atoms with Gasteiger partial charge in [-0.05, 0) is 59.7 Å². The van der Waals surface area contributed by atoms with Gasteiger partial charge >= 0.3 is 11.3 Å². The second-order valence-electron chi connectivity index (χ2n) is 12.1. The van der Waals surface area contributed by atoms with Gasteiger partial charge in [0.05, 0.1) is 64.0 Å². The lowest BCUT2D eigenvalue weighted by Gasteiger charge is -2.16. The summed E-state index contributed by atoms with van der Waals surface area (Å²) in [5, 5.41) is 1.63. The summed E-state index contributed by atoms with van der Waals surface area (Å²) in [6.45, 7) is 3.62. The van der Waals surface area contributed by atoms with E-state index in [0.29, 0.717) is 109 Å². The summed E-state index contributed by atoms with van der Waals surface area (Å²) in [6, 6.07) is 29.0. The smallest absolute Gasteiger partial charge is 0.344 e. The number of ether oxygens (including phenoxy) is 8. The summed E-state index contributed by atoms with van der Waals surface area (Å²) in [7, 11) is 0. The van der Waals surface area contributed by atoms with E-state index in [1.54, 1.807) is 48.5 Å². The van der Waals surface area contributed by atoms with Crippen LogP contribution in [0.2, 0.25) is 0 Å². The summed E-state index contributed by atoms with van der Waals surface area (Å²) in [4.78, 5) is 25.7. The third-order valence-electron chi connectivity index (χ3n) is 8.48. The van der Waals surface area contributed by atoms with Crippen molar-refractivity contribution in [3.63, 3.8) is 0 Å². The minimum atomic E-state index is -0.443. The molecule has 3 heterocycles. The van der Waals surface area contributed by atoms with Gasteiger partial charge in [0.15, 0.2) is 23.0 Å². The first kappa shape index (κ1) is 36.7. The normalized spacial score (nSPS) is 15.7. The van der Waals surface area contributed by atoms with E-state index in [9.17, 15) is 9.59 Å². The number of fused-ring (bicyclic) bond motifs is 4. The van der Waals surface area contributed by atoms with E-state index in [2.05, 4.69) is 0 Å². The molecule has 6 aromatic rings. The number of para-hydroxylation sites is 2. The van der Waals surface area contributed by atoms with Gasteiger partial charge < -0.3 is 46.7 Å². The first-order valence-corrected chi connectivity index (χ1v) is 17.8. The fraction of sp³-hybridized carbons (Fsp3) is 0.286. The quantitative estimate of drug-likeness (QED) is 0.179. The number of hydrogen-bond donors (Lipinski definition) is 0. The summed E-state index contributed by atoms with van der Waals surface area (Å²) >= 11 is 0. The molecule has 280 valence electrons. The molecule has 0 saturated carbocycles. The van der Waals surface area contributed by atoms with Gasteiger partial charge in [-0.3, -0.25) is 0 Å². The number of rotatable bonds is 2. The predicted octanol–water partition coefficient (Wildman–Crippen LogP) is 6.53. The number of hydrogen-bond acceptors (Lipinski definition) is 12. The van der Waals surface area contributed by atoms with Crippen LogP contribution in [0.4, 0.5) is 0 Å². The highest BCUT2D eigenvalue weighted by Crippen LogP contribution is 2.34. The topological polar surface area (TPSA) is 134 Å². The van der Waals surface area contributed by atoms with Gasteiger partial charge in [-0.2, -0.15) is 0 Å². The van der Waals surface area contributed by atoms with E-state index in [1.807, 2.05) is 48.5 Å². The second kappa shape index (κ2) is 18.4. The fourth-order valence-corrected chi connectivity index (χ4v) is 5.83. The van der Waals surface area contributed by atoms with Gasteiger partial charge in [0.2, 0.25) is 0 Å². The predicted molar refractivity (Wildman–Crippen MR) is 201 cm³/mol. The second-order valence-corrected chi connectivity index (χ2v) is 12.1. The summed E-state index contributed by atoms with van der Waals surface area (Å²) < 4.78 is 58.2. The molecular formula is C42H40O12. The molecule has 12 nitrogen and oxygen atoms in total. The molecular weight excluding hydrogens is 696 g/mol. The van der Waals surface area contributed by atoms with Crippen molar-refractivity contribution in [2.24, 2.45) is 0 Å². The molecule has 1 aliphatic heterocycles. The lowest BCUT2D eigenvalue weighted by molar-refractivity contribution is 0.0223. The zero-order valence-electron chi connectivity index (χ0n) is 29.6. The minimum Gasteiger partial charge on any atom is -0.487 e. The summed E-state index contributed by atoms with van der Waals surface area (Å²) in [5.74, 6) is 1.93. The summed E-state index contributed by atoms with van der Waals surface area (Å²) in [5.41, 5.74) is 2.26. The van der Waals surface area contributed by atoms with Crippen LogP contribution in [0.5, 0.6) is 23.0 Å². The third kappa shape index (κ3) is 9.46. The van der Waals surface area contributed by atoms with E-state index in [0.717, 1.165) is 10.8 Å². The molecule has 54 heavy (non-hydrogen) atoms. The Labute approximate surface area is 310 Å². The van der Waals surface area contributed by atoms with Crippen LogP contribution in [0.15, 0.2) is 115 Å². The molecule has 0 atom stereocenters. The van der Waals surface area contributed by atoms with Crippen LogP contribution >= 0.6 is 0 Å². The minimum absolute atomic E-state index is 0.239. The molecule has 0 N–H and O–H groups in total. The molecule has 0 unspecified atom stereocenters. The average Bonchev–Trinajstić information content (AvgIpc) is 3.19. The highest BCUT2D eigenvalue weighted by molar-refractivity contribution is 5.83. The van der Waals surface area contributed by atoms with Crippen molar-refractivity contribution in [1.29, 1.82) is 0 Å². The average molecular weight is 737 g/mol. The van der Waals surface area contributed by atoms with Crippen molar-refractivity contribution in [3.8, 4) is 45.3 Å². The van der Waals surface area contributed by atoms with Crippen LogP contribution in [0, 0.1) is 0 Å². The van der Waals surface area contributed by atoms with Gasteiger partial charge in [0.1, 0.15) is 37.6 Å². The molecule has 0 aliphatic carbocycles. The Balaban J connectivity index is 0.978. The molecule has 1 aliphatic rings. The summed E-state index contributed by atoms with van der Waals surface area (Å²) in [6.07, 6.45) is 0. The van der Waals surface area contributed by atoms with Crippen LogP contribution in [0.3, 0.4) is 0 Å². The van der Waals surface area contributed by atoms with Crippen LogP contribution < -0.4 is 30.2 Å². The monoisotopic (exact) mass is 736 g/mol. The number of benzene rings is 4. The van der Waals surface area contributed by atoms with Crippen LogP contribution in [0.1, 0.15) is 0 Å². The Hall–Kier alpha value is -5.66. The molecule has 7 rings (SSSR count). The SMILES string of the molecule is O=c1oc2ccccc2cc1-c1ccc2c(c1)OCCOCCOCCOc1ccc(-c3cc4ccccc4oc3=O)cc1OCCOCCOCCO2. The van der Waals surface area contributed by atoms with Gasteiger partial charge in [-0.25, -0.2) is 9.59 Å². The van der Waals surface area contributed by atoms with E-state index < -0.39 is 11.3 Å². The zero-order valence-corrected chi connectivity index (χ0v) is 29.6. The van der Waals surface area contributed by atoms with E-state index in [-0.39, 0.29) is 26.4 Å². The molecule has 4 aromatic carbocycles. The lowest BCUT2D eigenvalue weighted by Crippen LogP contribution is -2.15. The zero-order chi connectivity index (χ0) is 37.0. The van der Waals surface area contributed by atoms with Crippen molar-refractivity contribution >= 4 is 21.9 Å². The van der Waals surface area contributed by atoms with Gasteiger partial charge in [-0.15, -0.1) is 0 Å². The lowest BCUT2D eigenvalue weighted by atomic mass is 10.1. The van der Waals surface area contributed by atoms with Gasteiger partial charge in [-0.1, -0.05) is 48.5 Å². The fourth-order valence-electron chi connectivity index (χ4n) is 5.83. The first-order chi connectivity index (χ1) is 26.6. The van der Waals surface area contributed by atoms with E-state index in [1.165, 1.54) is 0 Å². The van der Waals surface area contributed by atoms with Crippen molar-refractivity contribution in [2.45, 2.75) is 0 Å². The molecule has 12 heteroatoms. The Morgan fingerprint density at radius 2 is 0.704 bits per heavy atom. The van der Waals surface area contributed by atoms with Crippen LogP contribution in [0.25, 0.3) is 44.2 Å². The molecule has 0 bridgehead atoms. The molecule has 0 radical (unpaired) electrons. The van der Waals surface area contributed by atoms with Crippen LogP contribution in [-0.2, 0) is 18.9 Å². The van der Waals surface area contributed by atoms with Crippen molar-refractivity contribution < 1.29 is 46.7 Å². The molecule has 0 fully saturated rings. The maximum absolute atomic E-state index is 12.8. The Morgan fingerprint density at radius 3 is 1.11 bits per heavy atom. The van der Waals surface area contributed by atoms with Gasteiger partial charge in [0, 0.05) is 10.8 Å². The molecule has 0 amide bonds. The highest BCUT2D eigenvalue weighted by Gasteiger charge is 2.15. The van der Waals surface area contributed by atoms with E-state index >= 15 is 0 Å². The molecule has 0 spiro atoms. The maximum Gasteiger partial charge on any atom is 0.344 e. The standard InChI is InChI=1S/C42H40O12/c43-41-33(25-31-5-1-3-7-35(31)53-41)29-9-11-37-39(27-29)51-23-19-47-15-13-46-18-22-50-38-12-10-30(34-26-32-6-2-4-8-36(32)54-42(34)44)28-40(38)52-24-20-48-16-14-45-17-21-49-37/h1-12,25-28H,13-24H2. The largest absolute Gasteiger partial charge is 0.487 e. The third-order valence-corrected chi connectivity index (χ3v) is 8.48. The van der Waals surface area contributed by atoms with E-state index in [4.69, 9.17) is 46.7 Å². The van der Waals surface area contributed by atoms with Crippen molar-refractivity contribution in [2.75, 3.05) is 79.3 Å². The maximum atomic E-state index is 12.8. The van der Waals surface area contributed by atoms with Crippen LogP contribution in [-0.4, -0.2) is 79.3 Å².